The molecule has 1 amide bonds. The van der Waals surface area contributed by atoms with Gasteiger partial charge in [0, 0.05) is 5.39 Å². The highest BCUT2D eigenvalue weighted by Crippen LogP contribution is 2.35. The van der Waals surface area contributed by atoms with Gasteiger partial charge in [-0.3, -0.25) is 10.1 Å². The standard InChI is InChI=1S/C20H15N3O3S2/c1-3-25-13-6-4-5-11-9-14(26-17(11)13)19(24)23-20-22-12-7-8-15-16(18(12)28-20)21-10(2)27-15/h4-9H,3H2,1-2H3,(H,22,23,24). The molecule has 0 saturated heterocycles. The Morgan fingerprint density at radius 3 is 2.96 bits per heavy atom. The Bertz CT molecular complexity index is 1350. The van der Waals surface area contributed by atoms with Gasteiger partial charge >= 0.3 is 0 Å². The number of nitrogens with one attached hydrogen (secondary N) is 1. The first-order valence-electron chi connectivity index (χ1n) is 8.76. The minimum Gasteiger partial charge on any atom is -0.490 e. The number of aromatic nitrogens is 2. The number of carbonyl (C=O) groups is 1. The van der Waals surface area contributed by atoms with Crippen LogP contribution in [0, 0.1) is 6.92 Å². The van der Waals surface area contributed by atoms with E-state index in [-0.39, 0.29) is 11.7 Å². The molecule has 8 heteroatoms. The van der Waals surface area contributed by atoms with Crippen LogP contribution in [0.3, 0.4) is 0 Å². The zero-order valence-electron chi connectivity index (χ0n) is 15.1. The summed E-state index contributed by atoms with van der Waals surface area (Å²) < 4.78 is 13.4. The lowest BCUT2D eigenvalue weighted by Gasteiger charge is -2.02. The molecule has 5 rings (SSSR count). The Kier molecular flexibility index (Phi) is 4.03. The fourth-order valence-corrected chi connectivity index (χ4v) is 4.97. The third-order valence-electron chi connectivity index (χ3n) is 4.27. The maximum Gasteiger partial charge on any atom is 0.293 e. The van der Waals surface area contributed by atoms with Crippen LogP contribution >= 0.6 is 22.7 Å². The summed E-state index contributed by atoms with van der Waals surface area (Å²) in [6, 6.07) is 11.3. The van der Waals surface area contributed by atoms with Gasteiger partial charge in [-0.1, -0.05) is 23.5 Å². The number of nitrogens with zero attached hydrogens (tertiary/aromatic N) is 2. The predicted octanol–water partition coefficient (Wildman–Crippen LogP) is 5.61. The second kappa shape index (κ2) is 6.57. The highest BCUT2D eigenvalue weighted by molar-refractivity contribution is 7.24. The number of fused-ring (bicyclic) bond motifs is 4. The molecule has 0 aliphatic heterocycles. The van der Waals surface area contributed by atoms with Crippen molar-refractivity contribution >= 4 is 65.1 Å². The van der Waals surface area contributed by atoms with E-state index in [0.29, 0.717) is 23.1 Å². The van der Waals surface area contributed by atoms with E-state index in [1.165, 1.54) is 11.3 Å². The molecule has 0 unspecified atom stereocenters. The molecular formula is C20H15N3O3S2. The van der Waals surface area contributed by atoms with Crippen molar-refractivity contribution in [2.45, 2.75) is 13.8 Å². The number of hydrogen-bond acceptors (Lipinski definition) is 7. The van der Waals surface area contributed by atoms with Crippen molar-refractivity contribution in [1.29, 1.82) is 0 Å². The smallest absolute Gasteiger partial charge is 0.293 e. The number of thiazole rings is 2. The molecule has 3 heterocycles. The van der Waals surface area contributed by atoms with Gasteiger partial charge in [-0.05, 0) is 38.1 Å². The van der Waals surface area contributed by atoms with Gasteiger partial charge < -0.3 is 9.15 Å². The summed E-state index contributed by atoms with van der Waals surface area (Å²) in [5.74, 6) is 0.500. The lowest BCUT2D eigenvalue weighted by atomic mass is 10.2. The number of benzene rings is 2. The molecule has 0 aliphatic carbocycles. The van der Waals surface area contributed by atoms with E-state index in [2.05, 4.69) is 15.3 Å². The number of hydrogen-bond donors (Lipinski definition) is 1. The molecule has 6 nitrogen and oxygen atoms in total. The third-order valence-corrected chi connectivity index (χ3v) is 6.20. The fourth-order valence-electron chi connectivity index (χ4n) is 3.12. The minimum atomic E-state index is -0.344. The van der Waals surface area contributed by atoms with Crippen LogP contribution in [0.1, 0.15) is 22.5 Å². The summed E-state index contributed by atoms with van der Waals surface area (Å²) in [5.41, 5.74) is 2.32. The van der Waals surface area contributed by atoms with E-state index in [9.17, 15) is 4.79 Å². The maximum atomic E-state index is 12.7. The second-order valence-corrected chi connectivity index (χ2v) is 8.42. The first-order chi connectivity index (χ1) is 13.6. The Hall–Kier alpha value is -2.97. The van der Waals surface area contributed by atoms with E-state index in [0.717, 1.165) is 30.8 Å². The van der Waals surface area contributed by atoms with Crippen LogP contribution in [0.5, 0.6) is 5.75 Å². The SMILES string of the molecule is CCOc1cccc2cc(C(=O)Nc3nc4ccc5sc(C)nc5c4s3)oc12. The number of ether oxygens (including phenoxy) is 1. The summed E-state index contributed by atoms with van der Waals surface area (Å²) in [6.07, 6.45) is 0. The minimum absolute atomic E-state index is 0.219. The second-order valence-electron chi connectivity index (χ2n) is 6.18. The average molecular weight is 409 g/mol. The third kappa shape index (κ3) is 2.81. The molecule has 0 spiro atoms. The van der Waals surface area contributed by atoms with Crippen molar-refractivity contribution in [3.05, 3.63) is 47.2 Å². The molecule has 140 valence electrons. The Labute approximate surface area is 167 Å². The first-order valence-corrected chi connectivity index (χ1v) is 10.4. The normalized spacial score (nSPS) is 11.5. The van der Waals surface area contributed by atoms with Crippen molar-refractivity contribution in [3.8, 4) is 5.75 Å². The molecule has 1 N–H and O–H groups in total. The molecule has 2 aromatic carbocycles. The van der Waals surface area contributed by atoms with Crippen LogP contribution in [0.4, 0.5) is 5.13 Å². The van der Waals surface area contributed by atoms with Crippen LogP contribution in [-0.2, 0) is 0 Å². The zero-order chi connectivity index (χ0) is 19.3. The topological polar surface area (TPSA) is 77.2 Å². The summed E-state index contributed by atoms with van der Waals surface area (Å²) >= 11 is 3.06. The number of rotatable bonds is 4. The monoisotopic (exact) mass is 409 g/mol. The van der Waals surface area contributed by atoms with Crippen molar-refractivity contribution in [1.82, 2.24) is 9.97 Å². The van der Waals surface area contributed by atoms with E-state index in [1.807, 2.05) is 44.2 Å². The molecule has 0 fully saturated rings. The highest BCUT2D eigenvalue weighted by atomic mass is 32.1. The molecule has 5 aromatic rings. The molecule has 0 saturated carbocycles. The molecule has 3 aromatic heterocycles. The van der Waals surface area contributed by atoms with E-state index >= 15 is 0 Å². The zero-order valence-corrected chi connectivity index (χ0v) is 16.7. The number of furan rings is 1. The quantitative estimate of drug-likeness (QED) is 0.417. The first kappa shape index (κ1) is 17.2. The van der Waals surface area contributed by atoms with Crippen LogP contribution in [0.2, 0.25) is 0 Å². The summed E-state index contributed by atoms with van der Waals surface area (Å²) in [4.78, 5) is 21.8. The highest BCUT2D eigenvalue weighted by Gasteiger charge is 2.18. The van der Waals surface area contributed by atoms with Crippen LogP contribution in [-0.4, -0.2) is 22.5 Å². The van der Waals surface area contributed by atoms with Crippen LogP contribution < -0.4 is 10.1 Å². The van der Waals surface area contributed by atoms with Gasteiger partial charge in [0.05, 0.1) is 26.5 Å². The Morgan fingerprint density at radius 1 is 1.21 bits per heavy atom. The molecule has 0 aliphatic rings. The lowest BCUT2D eigenvalue weighted by molar-refractivity contribution is 0.0998. The van der Waals surface area contributed by atoms with Gasteiger partial charge in [-0.2, -0.15) is 0 Å². The van der Waals surface area contributed by atoms with Crippen molar-refractivity contribution in [2.75, 3.05) is 11.9 Å². The largest absolute Gasteiger partial charge is 0.490 e. The van der Waals surface area contributed by atoms with Gasteiger partial charge in [-0.15, -0.1) is 11.3 Å². The van der Waals surface area contributed by atoms with Crippen molar-refractivity contribution in [2.24, 2.45) is 0 Å². The summed E-state index contributed by atoms with van der Waals surface area (Å²) in [7, 11) is 0. The fraction of sp³-hybridized carbons (Fsp3) is 0.150. The number of aryl methyl sites for hydroxylation is 1. The number of amides is 1. The molecular weight excluding hydrogens is 394 g/mol. The van der Waals surface area contributed by atoms with Crippen molar-refractivity contribution in [3.63, 3.8) is 0 Å². The summed E-state index contributed by atoms with van der Waals surface area (Å²) in [5, 5.41) is 5.19. The van der Waals surface area contributed by atoms with Crippen LogP contribution in [0.25, 0.3) is 31.4 Å². The van der Waals surface area contributed by atoms with Gasteiger partial charge in [0.25, 0.3) is 5.91 Å². The Balaban J connectivity index is 1.49. The predicted molar refractivity (Wildman–Crippen MR) is 113 cm³/mol. The van der Waals surface area contributed by atoms with E-state index in [1.54, 1.807) is 17.4 Å². The molecule has 0 bridgehead atoms. The molecule has 0 radical (unpaired) electrons. The van der Waals surface area contributed by atoms with E-state index in [4.69, 9.17) is 9.15 Å². The summed E-state index contributed by atoms with van der Waals surface area (Å²) in [6.45, 7) is 4.42. The molecule has 28 heavy (non-hydrogen) atoms. The van der Waals surface area contributed by atoms with Crippen LogP contribution in [0.15, 0.2) is 40.8 Å². The lowest BCUT2D eigenvalue weighted by Crippen LogP contribution is -2.10. The number of carbonyl (C=O) groups excluding carboxylic acids is 1. The molecule has 0 atom stereocenters. The number of anilines is 1. The van der Waals surface area contributed by atoms with Gasteiger partial charge in [-0.25, -0.2) is 9.97 Å². The number of para-hydroxylation sites is 1. The Morgan fingerprint density at radius 2 is 2.11 bits per heavy atom. The van der Waals surface area contributed by atoms with E-state index < -0.39 is 0 Å². The average Bonchev–Trinajstić information content (AvgIpc) is 3.36. The van der Waals surface area contributed by atoms with Gasteiger partial charge in [0.1, 0.15) is 5.52 Å². The van der Waals surface area contributed by atoms with Gasteiger partial charge in [0.2, 0.25) is 0 Å². The maximum absolute atomic E-state index is 12.7. The van der Waals surface area contributed by atoms with Crippen molar-refractivity contribution < 1.29 is 13.9 Å². The van der Waals surface area contributed by atoms with Gasteiger partial charge in [0.15, 0.2) is 22.2 Å².